The second kappa shape index (κ2) is 12.5. The summed E-state index contributed by atoms with van der Waals surface area (Å²) in [6.45, 7) is 11.1. The molecule has 2 aromatic heterocycles. The number of benzene rings is 2. The summed E-state index contributed by atoms with van der Waals surface area (Å²) >= 11 is 0. The number of pyridine rings is 1. The van der Waals surface area contributed by atoms with Gasteiger partial charge in [0.25, 0.3) is 5.56 Å². The van der Waals surface area contributed by atoms with Crippen LogP contribution in [0.15, 0.2) is 77.7 Å². The van der Waals surface area contributed by atoms with E-state index in [0.29, 0.717) is 30.4 Å². The molecular formula is C32H38N6O3. The molecule has 3 heterocycles. The lowest BCUT2D eigenvalue weighted by atomic mass is 9.98. The van der Waals surface area contributed by atoms with Gasteiger partial charge in [0.2, 0.25) is 5.95 Å². The lowest BCUT2D eigenvalue weighted by Gasteiger charge is -2.38. The Morgan fingerprint density at radius 1 is 0.927 bits per heavy atom. The third-order valence-electron chi connectivity index (χ3n) is 7.70. The number of nitrogens with zero attached hydrogens (tertiary/aromatic N) is 5. The Kier molecular flexibility index (Phi) is 8.64. The number of ether oxygens (including phenoxy) is 1. The van der Waals surface area contributed by atoms with Crippen molar-refractivity contribution in [2.24, 2.45) is 0 Å². The van der Waals surface area contributed by atoms with Gasteiger partial charge in [-0.1, -0.05) is 49.4 Å². The van der Waals surface area contributed by atoms with Crippen molar-refractivity contribution in [3.05, 3.63) is 94.4 Å². The van der Waals surface area contributed by atoms with E-state index in [1.807, 2.05) is 32.0 Å². The normalized spacial score (nSPS) is 15.6. The molecule has 2 unspecified atom stereocenters. The Bertz CT molecular complexity index is 1530. The fraction of sp³-hybridized carbons (Fsp3) is 0.375. The first-order valence-electron chi connectivity index (χ1n) is 14.3. The maximum Gasteiger partial charge on any atom is 0.415 e. The lowest BCUT2D eigenvalue weighted by Crippen LogP contribution is -2.50. The number of carbonyl (C=O) groups excluding carboxylic acids is 1. The van der Waals surface area contributed by atoms with E-state index in [2.05, 4.69) is 58.3 Å². The van der Waals surface area contributed by atoms with Gasteiger partial charge in [-0.3, -0.25) is 14.3 Å². The molecule has 0 radical (unpaired) electrons. The molecule has 1 aliphatic rings. The van der Waals surface area contributed by atoms with Gasteiger partial charge in [-0.25, -0.2) is 9.78 Å². The van der Waals surface area contributed by atoms with Crippen LogP contribution in [0.3, 0.4) is 0 Å². The Morgan fingerprint density at radius 2 is 1.61 bits per heavy atom. The highest BCUT2D eigenvalue weighted by Crippen LogP contribution is 2.28. The van der Waals surface area contributed by atoms with Crippen LogP contribution in [0.5, 0.6) is 5.75 Å². The predicted octanol–water partition coefficient (Wildman–Crippen LogP) is 5.81. The van der Waals surface area contributed by atoms with Crippen molar-refractivity contribution >= 4 is 23.1 Å². The molecule has 214 valence electrons. The third kappa shape index (κ3) is 6.41. The van der Waals surface area contributed by atoms with Gasteiger partial charge in [0.05, 0.1) is 6.04 Å². The van der Waals surface area contributed by atoms with Crippen molar-refractivity contribution in [1.29, 1.82) is 0 Å². The molecule has 0 saturated carbocycles. The quantitative estimate of drug-likeness (QED) is 0.294. The van der Waals surface area contributed by atoms with E-state index >= 15 is 0 Å². The summed E-state index contributed by atoms with van der Waals surface area (Å²) in [5.41, 5.74) is 2.94. The molecule has 2 aromatic carbocycles. The van der Waals surface area contributed by atoms with Crippen LogP contribution in [0.4, 0.5) is 10.7 Å². The lowest BCUT2D eigenvalue weighted by molar-refractivity contribution is 0.0872. The summed E-state index contributed by atoms with van der Waals surface area (Å²) in [5.74, 6) is 1.06. The molecule has 5 rings (SSSR count). The van der Waals surface area contributed by atoms with Crippen LogP contribution in [-0.4, -0.2) is 56.6 Å². The van der Waals surface area contributed by atoms with Crippen LogP contribution in [-0.2, 0) is 0 Å². The van der Waals surface area contributed by atoms with Crippen molar-refractivity contribution in [1.82, 2.24) is 24.3 Å². The molecule has 9 nitrogen and oxygen atoms in total. The number of hydrogen-bond acceptors (Lipinski definition) is 7. The number of rotatable bonds is 8. The van der Waals surface area contributed by atoms with Crippen LogP contribution >= 0.6 is 0 Å². The molecule has 1 saturated heterocycles. The molecule has 0 spiro atoms. The minimum Gasteiger partial charge on any atom is -0.410 e. The van der Waals surface area contributed by atoms with Crippen molar-refractivity contribution < 1.29 is 9.53 Å². The van der Waals surface area contributed by atoms with Gasteiger partial charge in [0.1, 0.15) is 11.4 Å². The smallest absolute Gasteiger partial charge is 0.410 e. The molecule has 0 aliphatic carbocycles. The summed E-state index contributed by atoms with van der Waals surface area (Å²) in [6, 6.07) is 21.5. The molecule has 1 N–H and O–H groups in total. The fourth-order valence-electron chi connectivity index (χ4n) is 5.47. The first-order valence-corrected chi connectivity index (χ1v) is 14.3. The molecule has 41 heavy (non-hydrogen) atoms. The van der Waals surface area contributed by atoms with Gasteiger partial charge >= 0.3 is 6.09 Å². The second-order valence-corrected chi connectivity index (χ2v) is 10.8. The number of carbonyl (C=O) groups is 1. The molecule has 0 bridgehead atoms. The highest BCUT2D eigenvalue weighted by Gasteiger charge is 2.27. The Morgan fingerprint density at radius 3 is 2.27 bits per heavy atom. The van der Waals surface area contributed by atoms with Gasteiger partial charge in [-0.15, -0.1) is 0 Å². The number of anilines is 1. The minimum atomic E-state index is -0.294. The minimum absolute atomic E-state index is 0.00323. The number of nitrogens with one attached hydrogen (secondary N) is 1. The molecule has 1 aliphatic heterocycles. The molecular weight excluding hydrogens is 516 g/mol. The highest BCUT2D eigenvalue weighted by atomic mass is 16.6. The average Bonchev–Trinajstić information content (AvgIpc) is 2.98. The zero-order valence-corrected chi connectivity index (χ0v) is 24.2. The van der Waals surface area contributed by atoms with Gasteiger partial charge in [0, 0.05) is 55.9 Å². The third-order valence-corrected chi connectivity index (χ3v) is 7.70. The van der Waals surface area contributed by atoms with E-state index < -0.39 is 0 Å². The molecule has 4 aromatic rings. The van der Waals surface area contributed by atoms with Crippen LogP contribution in [0.2, 0.25) is 0 Å². The fourth-order valence-corrected chi connectivity index (χ4v) is 5.47. The van der Waals surface area contributed by atoms with E-state index in [1.165, 1.54) is 5.56 Å². The SMILES string of the molecule is CCC(c1ccc(C(C)Nc2ncc3ccc(=O)n(C(C)C)c3n2)cc1)N1CCN(C(=O)Oc2ccccc2)CC1. The Labute approximate surface area is 240 Å². The van der Waals surface area contributed by atoms with E-state index in [1.54, 1.807) is 39.9 Å². The number of fused-ring (bicyclic) bond motifs is 1. The van der Waals surface area contributed by atoms with Crippen molar-refractivity contribution in [3.8, 4) is 5.75 Å². The summed E-state index contributed by atoms with van der Waals surface area (Å²) in [7, 11) is 0. The van der Waals surface area contributed by atoms with Crippen molar-refractivity contribution in [2.75, 3.05) is 31.5 Å². The zero-order chi connectivity index (χ0) is 28.9. The van der Waals surface area contributed by atoms with Crippen LogP contribution < -0.4 is 15.6 Å². The predicted molar refractivity (Wildman–Crippen MR) is 161 cm³/mol. The average molecular weight is 555 g/mol. The highest BCUT2D eigenvalue weighted by molar-refractivity contribution is 5.75. The number of amides is 1. The first-order chi connectivity index (χ1) is 19.8. The van der Waals surface area contributed by atoms with E-state index in [9.17, 15) is 9.59 Å². The molecule has 1 amide bonds. The van der Waals surface area contributed by atoms with Crippen LogP contribution in [0, 0.1) is 0 Å². The molecule has 1 fully saturated rings. The number of piperazine rings is 1. The molecule has 9 heteroatoms. The summed E-state index contributed by atoms with van der Waals surface area (Å²) in [4.78, 5) is 38.4. The maximum atomic E-state index is 12.6. The maximum absolute atomic E-state index is 12.6. The summed E-state index contributed by atoms with van der Waals surface area (Å²) < 4.78 is 7.21. The van der Waals surface area contributed by atoms with Gasteiger partial charge < -0.3 is 15.0 Å². The van der Waals surface area contributed by atoms with Gasteiger partial charge in [0.15, 0.2) is 0 Å². The van der Waals surface area contributed by atoms with Crippen LogP contribution in [0.25, 0.3) is 11.0 Å². The van der Waals surface area contributed by atoms with Crippen LogP contribution in [0.1, 0.15) is 63.4 Å². The van der Waals surface area contributed by atoms with E-state index in [0.717, 1.165) is 30.5 Å². The Hall–Kier alpha value is -4.24. The first kappa shape index (κ1) is 28.3. The summed E-state index contributed by atoms with van der Waals surface area (Å²) in [6.07, 6.45) is 2.44. The van der Waals surface area contributed by atoms with Crippen molar-refractivity contribution in [2.45, 2.75) is 52.2 Å². The van der Waals surface area contributed by atoms with E-state index in [-0.39, 0.29) is 29.8 Å². The van der Waals surface area contributed by atoms with Gasteiger partial charge in [-0.05, 0) is 56.5 Å². The Balaban J connectivity index is 1.21. The van der Waals surface area contributed by atoms with Gasteiger partial charge in [-0.2, -0.15) is 4.98 Å². The topological polar surface area (TPSA) is 92.6 Å². The zero-order valence-electron chi connectivity index (χ0n) is 24.2. The second-order valence-electron chi connectivity index (χ2n) is 10.8. The standard InChI is InChI=1S/C32H38N6O3/c1-5-28(36-17-19-37(20-18-36)32(40)41-27-9-7-6-8-10-27)25-13-11-24(12-14-25)23(4)34-31-33-21-26-15-16-29(39)38(22(2)3)30(26)35-31/h6-16,21-23,28H,5,17-20H2,1-4H3,(H,33,34,35). The summed E-state index contributed by atoms with van der Waals surface area (Å²) in [5, 5.41) is 4.23. The number of hydrogen-bond donors (Lipinski definition) is 1. The molecule has 2 atom stereocenters. The number of para-hydroxylation sites is 1. The van der Waals surface area contributed by atoms with Crippen molar-refractivity contribution in [3.63, 3.8) is 0 Å². The van der Waals surface area contributed by atoms with E-state index in [4.69, 9.17) is 4.74 Å². The number of aromatic nitrogens is 3. The monoisotopic (exact) mass is 554 g/mol. The largest absolute Gasteiger partial charge is 0.415 e.